The van der Waals surface area contributed by atoms with Crippen molar-refractivity contribution >= 4 is 42.2 Å². The van der Waals surface area contributed by atoms with Crippen molar-refractivity contribution < 1.29 is 23.1 Å². The summed E-state index contributed by atoms with van der Waals surface area (Å²) in [6, 6.07) is 0. The van der Waals surface area contributed by atoms with Crippen LogP contribution in [0.5, 0.6) is 0 Å². The van der Waals surface area contributed by atoms with E-state index < -0.39 is 12.1 Å². The normalized spacial score (nSPS) is 8.78. The molecule has 0 amide bonds. The van der Waals surface area contributed by atoms with Gasteiger partial charge in [0.1, 0.15) is 0 Å². The molecule has 50 valence electrons. The fourth-order valence-corrected chi connectivity index (χ4v) is 0. The molecule has 0 aliphatic carbocycles. The SMILES string of the molecule is O=C(O)C(F)(F)F.[AlH3].[LiH]. The summed E-state index contributed by atoms with van der Waals surface area (Å²) in [4.78, 5) is 8.90. The van der Waals surface area contributed by atoms with Crippen LogP contribution in [0.4, 0.5) is 13.2 Å². The van der Waals surface area contributed by atoms with Crippen LogP contribution in [-0.2, 0) is 4.79 Å². The van der Waals surface area contributed by atoms with Gasteiger partial charge in [-0.3, -0.25) is 0 Å². The van der Waals surface area contributed by atoms with E-state index in [0.717, 1.165) is 0 Å². The number of rotatable bonds is 0. The summed E-state index contributed by atoms with van der Waals surface area (Å²) in [7, 11) is 0. The Morgan fingerprint density at radius 3 is 1.44 bits per heavy atom. The molecule has 0 aliphatic rings. The average Bonchev–Trinajstić information content (AvgIpc) is 1.31. The predicted octanol–water partition coefficient (Wildman–Crippen LogP) is -1.20. The van der Waals surface area contributed by atoms with Crippen LogP contribution in [-0.4, -0.2) is 53.5 Å². The van der Waals surface area contributed by atoms with Crippen LogP contribution < -0.4 is 0 Å². The molecule has 0 saturated heterocycles. The van der Waals surface area contributed by atoms with E-state index >= 15 is 0 Å². The fraction of sp³-hybridized carbons (Fsp3) is 0.500. The molecule has 1 N–H and O–H groups in total. The molecule has 0 aromatic carbocycles. The van der Waals surface area contributed by atoms with Gasteiger partial charge >= 0.3 is 31.0 Å². The Balaban J connectivity index is -0.000000180. The first kappa shape index (κ1) is 16.2. The van der Waals surface area contributed by atoms with Crippen molar-refractivity contribution in [3.63, 3.8) is 0 Å². The van der Waals surface area contributed by atoms with Crippen molar-refractivity contribution in [3.8, 4) is 0 Å². The van der Waals surface area contributed by atoms with E-state index in [1.54, 1.807) is 0 Å². The van der Waals surface area contributed by atoms with Crippen LogP contribution in [0, 0.1) is 0 Å². The Labute approximate surface area is 71.7 Å². The van der Waals surface area contributed by atoms with Crippen LogP contribution in [0.25, 0.3) is 0 Å². The molecule has 0 aromatic heterocycles. The molecule has 0 heterocycles. The number of halogens is 3. The fourth-order valence-electron chi connectivity index (χ4n) is 0. The van der Waals surface area contributed by atoms with Crippen molar-refractivity contribution in [2.45, 2.75) is 6.18 Å². The Hall–Kier alpha value is 0.390. The first-order valence-electron chi connectivity index (χ1n) is 1.24. The summed E-state index contributed by atoms with van der Waals surface area (Å²) < 4.78 is 31.7. The van der Waals surface area contributed by atoms with E-state index in [-0.39, 0.29) is 36.2 Å². The number of aliphatic carboxylic acids is 1. The molecule has 0 saturated carbocycles. The van der Waals surface area contributed by atoms with Gasteiger partial charge in [-0.15, -0.1) is 0 Å². The van der Waals surface area contributed by atoms with Gasteiger partial charge in [-0.05, 0) is 0 Å². The van der Waals surface area contributed by atoms with Gasteiger partial charge in [-0.25, -0.2) is 4.79 Å². The van der Waals surface area contributed by atoms with Gasteiger partial charge in [-0.2, -0.15) is 13.2 Å². The zero-order valence-corrected chi connectivity index (χ0v) is 2.99. The number of hydrogen-bond acceptors (Lipinski definition) is 1. The number of alkyl halides is 3. The Bertz CT molecular complexity index is 92.3. The molecular weight excluding hydrogens is 147 g/mol. The third-order valence-corrected chi connectivity index (χ3v) is 0.243. The minimum absolute atomic E-state index is 0. The van der Waals surface area contributed by atoms with Crippen LogP contribution in [0.1, 0.15) is 0 Å². The van der Waals surface area contributed by atoms with Gasteiger partial charge in [-0.1, -0.05) is 0 Å². The number of hydrogen-bond donors (Lipinski definition) is 1. The van der Waals surface area contributed by atoms with E-state index in [0.29, 0.717) is 0 Å². The molecule has 0 atom stereocenters. The summed E-state index contributed by atoms with van der Waals surface area (Å²) in [6.45, 7) is 0. The van der Waals surface area contributed by atoms with Crippen LogP contribution in [0.3, 0.4) is 0 Å². The minimum atomic E-state index is -5.08. The number of carboxylic acid groups (broad SMARTS) is 1. The molecule has 9 heavy (non-hydrogen) atoms. The average molecular weight is 152 g/mol. The Morgan fingerprint density at radius 1 is 1.33 bits per heavy atom. The number of carboxylic acids is 1. The van der Waals surface area contributed by atoms with Gasteiger partial charge < -0.3 is 5.11 Å². The zero-order chi connectivity index (χ0) is 6.08. The molecule has 0 aromatic rings. The van der Waals surface area contributed by atoms with Crippen molar-refractivity contribution in [1.82, 2.24) is 0 Å². The second kappa shape index (κ2) is 5.20. The third-order valence-electron chi connectivity index (χ3n) is 0.243. The van der Waals surface area contributed by atoms with Gasteiger partial charge in [0.25, 0.3) is 0 Å². The quantitative estimate of drug-likeness (QED) is 0.442. The third kappa shape index (κ3) is 8.39. The van der Waals surface area contributed by atoms with E-state index in [4.69, 9.17) is 9.90 Å². The second-order valence-corrected chi connectivity index (χ2v) is 0.803. The molecule has 7 heteroatoms. The molecule has 0 bridgehead atoms. The van der Waals surface area contributed by atoms with E-state index in [2.05, 4.69) is 0 Å². The molecule has 0 aliphatic heterocycles. The summed E-state index contributed by atoms with van der Waals surface area (Å²) in [6.07, 6.45) is -5.08. The van der Waals surface area contributed by atoms with E-state index in [9.17, 15) is 13.2 Å². The maximum atomic E-state index is 10.6. The monoisotopic (exact) mass is 152 g/mol. The Morgan fingerprint density at radius 2 is 1.44 bits per heavy atom. The van der Waals surface area contributed by atoms with E-state index in [1.165, 1.54) is 0 Å². The standard InChI is InChI=1S/C2HF3O2.Al.Li.4H/c3-2(4,5)1(6)7;;;;;;/h(H,6,7);;;;;;. The van der Waals surface area contributed by atoms with E-state index in [1.807, 2.05) is 0 Å². The Kier molecular flexibility index (Phi) is 9.35. The van der Waals surface area contributed by atoms with Crippen molar-refractivity contribution in [2.24, 2.45) is 0 Å². The first-order chi connectivity index (χ1) is 2.94. The van der Waals surface area contributed by atoms with Crippen molar-refractivity contribution in [1.29, 1.82) is 0 Å². The van der Waals surface area contributed by atoms with Crippen LogP contribution in [0.2, 0.25) is 0 Å². The number of carbonyl (C=O) groups is 1. The van der Waals surface area contributed by atoms with Gasteiger partial charge in [0.05, 0.1) is 0 Å². The summed E-state index contributed by atoms with van der Waals surface area (Å²) in [5.74, 6) is -2.76. The molecule has 2 nitrogen and oxygen atoms in total. The molecule has 0 spiro atoms. The van der Waals surface area contributed by atoms with Gasteiger partial charge in [0.2, 0.25) is 0 Å². The zero-order valence-electron chi connectivity index (χ0n) is 2.99. The molecule has 0 fully saturated rings. The topological polar surface area (TPSA) is 37.3 Å². The summed E-state index contributed by atoms with van der Waals surface area (Å²) >= 11 is 0. The summed E-state index contributed by atoms with van der Waals surface area (Å²) in [5, 5.41) is 7.12. The van der Waals surface area contributed by atoms with Crippen molar-refractivity contribution in [2.75, 3.05) is 0 Å². The molecular formula is C2H5AlF3LiO2. The summed E-state index contributed by atoms with van der Waals surface area (Å²) in [5.41, 5.74) is 0. The first-order valence-corrected chi connectivity index (χ1v) is 1.24. The second-order valence-electron chi connectivity index (χ2n) is 0.803. The van der Waals surface area contributed by atoms with Gasteiger partial charge in [0, 0.05) is 0 Å². The maximum absolute atomic E-state index is 10.6. The molecule has 0 rings (SSSR count). The van der Waals surface area contributed by atoms with Gasteiger partial charge in [0.15, 0.2) is 17.4 Å². The molecule has 0 unspecified atom stereocenters. The van der Waals surface area contributed by atoms with Crippen LogP contribution >= 0.6 is 0 Å². The predicted molar refractivity (Wildman–Crippen MR) is 30.8 cm³/mol. The van der Waals surface area contributed by atoms with Crippen LogP contribution in [0.15, 0.2) is 0 Å². The molecule has 0 radical (unpaired) electrons. The van der Waals surface area contributed by atoms with Crippen molar-refractivity contribution in [3.05, 3.63) is 0 Å².